The van der Waals surface area contributed by atoms with Crippen LogP contribution in [0.15, 0.2) is 24.3 Å². The van der Waals surface area contributed by atoms with Crippen LogP contribution in [-0.4, -0.2) is 20.8 Å². The lowest BCUT2D eigenvalue weighted by molar-refractivity contribution is 0.0982. The van der Waals surface area contributed by atoms with E-state index in [1.54, 1.807) is 4.68 Å². The number of hydrogen-bond acceptors (Lipinski definition) is 3. The molecule has 0 radical (unpaired) electrons. The van der Waals surface area contributed by atoms with Crippen molar-refractivity contribution in [2.24, 2.45) is 0 Å². The average molecular weight is 271 g/mol. The van der Waals surface area contributed by atoms with Gasteiger partial charge in [-0.25, -0.2) is 4.68 Å². The Balaban J connectivity index is 2.37. The quantitative estimate of drug-likeness (QED) is 0.757. The number of carbonyl (C=O) groups excluding carboxylic acids is 1. The van der Waals surface area contributed by atoms with E-state index in [-0.39, 0.29) is 5.78 Å². The van der Waals surface area contributed by atoms with E-state index in [4.69, 9.17) is 0 Å². The van der Waals surface area contributed by atoms with Crippen molar-refractivity contribution in [2.75, 3.05) is 0 Å². The summed E-state index contributed by atoms with van der Waals surface area (Å²) in [6.07, 6.45) is 3.42. The van der Waals surface area contributed by atoms with Gasteiger partial charge in [-0.1, -0.05) is 44.5 Å². The van der Waals surface area contributed by atoms with Crippen LogP contribution in [-0.2, 0) is 12.8 Å². The van der Waals surface area contributed by atoms with Crippen LogP contribution in [0.1, 0.15) is 55.4 Å². The van der Waals surface area contributed by atoms with Gasteiger partial charge in [0.2, 0.25) is 0 Å². The summed E-state index contributed by atoms with van der Waals surface area (Å²) in [5.41, 5.74) is 3.68. The van der Waals surface area contributed by atoms with E-state index in [0.29, 0.717) is 12.1 Å². The summed E-state index contributed by atoms with van der Waals surface area (Å²) >= 11 is 0. The maximum atomic E-state index is 11.9. The number of Topliss-reactive ketones (excluding diaryl/α,β-unsaturated/α-hetero) is 1. The first-order chi connectivity index (χ1) is 9.71. The molecule has 0 aliphatic rings. The van der Waals surface area contributed by atoms with Crippen LogP contribution in [0.3, 0.4) is 0 Å². The van der Waals surface area contributed by atoms with Crippen LogP contribution in [0.5, 0.6) is 0 Å². The molecule has 0 fully saturated rings. The molecule has 20 heavy (non-hydrogen) atoms. The molecule has 0 saturated heterocycles. The smallest absolute Gasteiger partial charge is 0.184 e. The molecule has 0 N–H and O–H groups in total. The fourth-order valence-electron chi connectivity index (χ4n) is 2.30. The number of rotatable bonds is 6. The Kier molecular flexibility index (Phi) is 4.66. The Morgan fingerprint density at radius 3 is 2.40 bits per heavy atom. The molecule has 4 nitrogen and oxygen atoms in total. The summed E-state index contributed by atoms with van der Waals surface area (Å²) < 4.78 is 1.78. The minimum atomic E-state index is 0.0516. The number of benzene rings is 1. The number of ketones is 1. The summed E-state index contributed by atoms with van der Waals surface area (Å²) in [5.74, 6) is 0.0516. The van der Waals surface area contributed by atoms with Crippen molar-refractivity contribution in [1.29, 1.82) is 0 Å². The van der Waals surface area contributed by atoms with Crippen LogP contribution in [0.2, 0.25) is 0 Å². The number of carbonyl (C=O) groups is 1. The van der Waals surface area contributed by atoms with Gasteiger partial charge >= 0.3 is 0 Å². The molecular formula is C16H21N3O. The monoisotopic (exact) mass is 271 g/mol. The van der Waals surface area contributed by atoms with Crippen molar-refractivity contribution in [3.63, 3.8) is 0 Å². The molecular weight excluding hydrogens is 250 g/mol. The Bertz CT molecular complexity index is 584. The van der Waals surface area contributed by atoms with Crippen LogP contribution >= 0.6 is 0 Å². The van der Waals surface area contributed by atoms with Crippen molar-refractivity contribution < 1.29 is 4.79 Å². The largest absolute Gasteiger partial charge is 0.292 e. The first-order valence-corrected chi connectivity index (χ1v) is 7.28. The van der Waals surface area contributed by atoms with Crippen molar-refractivity contribution in [1.82, 2.24) is 15.0 Å². The predicted molar refractivity (Wildman–Crippen MR) is 79.4 cm³/mol. The molecule has 0 bridgehead atoms. The topological polar surface area (TPSA) is 47.8 Å². The van der Waals surface area contributed by atoms with Crippen LogP contribution in [0.4, 0.5) is 0 Å². The van der Waals surface area contributed by atoms with E-state index in [2.05, 4.69) is 29.4 Å². The summed E-state index contributed by atoms with van der Waals surface area (Å²) in [6.45, 7) is 6.04. The fraction of sp³-hybridized carbons (Fsp3) is 0.438. The molecule has 1 aromatic carbocycles. The lowest BCUT2D eigenvalue weighted by atomic mass is 10.1. The molecule has 0 amide bonds. The molecule has 2 aromatic rings. The van der Waals surface area contributed by atoms with Gasteiger partial charge in [0, 0.05) is 6.42 Å². The highest BCUT2D eigenvalue weighted by Crippen LogP contribution is 2.16. The molecule has 4 heteroatoms. The highest BCUT2D eigenvalue weighted by molar-refractivity contribution is 5.95. The van der Waals surface area contributed by atoms with E-state index < -0.39 is 0 Å². The van der Waals surface area contributed by atoms with Crippen molar-refractivity contribution in [2.45, 2.75) is 46.5 Å². The maximum absolute atomic E-state index is 11.9. The predicted octanol–water partition coefficient (Wildman–Crippen LogP) is 3.37. The van der Waals surface area contributed by atoms with Gasteiger partial charge in [-0.15, -0.1) is 5.10 Å². The molecule has 2 rings (SSSR count). The third-order valence-corrected chi connectivity index (χ3v) is 3.40. The first-order valence-electron chi connectivity index (χ1n) is 7.28. The Morgan fingerprint density at radius 2 is 1.85 bits per heavy atom. The summed E-state index contributed by atoms with van der Waals surface area (Å²) in [6, 6.07) is 8.31. The summed E-state index contributed by atoms with van der Waals surface area (Å²) in [7, 11) is 0. The molecule has 1 heterocycles. The van der Waals surface area contributed by atoms with E-state index in [9.17, 15) is 4.79 Å². The van der Waals surface area contributed by atoms with Gasteiger partial charge in [-0.05, 0) is 30.5 Å². The van der Waals surface area contributed by atoms with E-state index >= 15 is 0 Å². The minimum absolute atomic E-state index is 0.0516. The van der Waals surface area contributed by atoms with Gasteiger partial charge in [-0.2, -0.15) is 0 Å². The lowest BCUT2D eigenvalue weighted by Gasteiger charge is -2.06. The third kappa shape index (κ3) is 2.79. The van der Waals surface area contributed by atoms with Crippen molar-refractivity contribution in [3.05, 3.63) is 41.2 Å². The zero-order valence-electron chi connectivity index (χ0n) is 12.4. The van der Waals surface area contributed by atoms with Crippen molar-refractivity contribution >= 4 is 5.78 Å². The molecule has 0 spiro atoms. The highest BCUT2D eigenvalue weighted by Gasteiger charge is 2.17. The minimum Gasteiger partial charge on any atom is -0.292 e. The van der Waals surface area contributed by atoms with E-state index in [0.717, 1.165) is 30.6 Å². The highest BCUT2D eigenvalue weighted by atomic mass is 16.1. The molecule has 0 unspecified atom stereocenters. The third-order valence-electron chi connectivity index (χ3n) is 3.40. The summed E-state index contributed by atoms with van der Waals surface area (Å²) in [4.78, 5) is 11.9. The van der Waals surface area contributed by atoms with Gasteiger partial charge < -0.3 is 0 Å². The first kappa shape index (κ1) is 14.4. The number of nitrogens with zero attached hydrogens (tertiary/aromatic N) is 3. The molecule has 0 aliphatic heterocycles. The average Bonchev–Trinajstić information content (AvgIpc) is 2.91. The molecule has 106 valence electrons. The van der Waals surface area contributed by atoms with E-state index in [1.165, 1.54) is 5.56 Å². The normalized spacial score (nSPS) is 10.8. The molecule has 0 atom stereocenters. The SMILES string of the molecule is CCCc1ccc(-n2nnc(C(=O)CC)c2CC)cc1. The van der Waals surface area contributed by atoms with Gasteiger partial charge in [-0.3, -0.25) is 4.79 Å². The van der Waals surface area contributed by atoms with Gasteiger partial charge in [0.25, 0.3) is 0 Å². The number of aryl methyl sites for hydroxylation is 1. The number of hydrogen-bond donors (Lipinski definition) is 0. The molecule has 0 aliphatic carbocycles. The van der Waals surface area contributed by atoms with Crippen LogP contribution < -0.4 is 0 Å². The van der Waals surface area contributed by atoms with Crippen molar-refractivity contribution in [3.8, 4) is 5.69 Å². The summed E-state index contributed by atoms with van der Waals surface area (Å²) in [5, 5.41) is 8.20. The lowest BCUT2D eigenvalue weighted by Crippen LogP contribution is -2.06. The Labute approximate surface area is 119 Å². The zero-order valence-corrected chi connectivity index (χ0v) is 12.4. The fourth-order valence-corrected chi connectivity index (χ4v) is 2.30. The standard InChI is InChI=1S/C16H21N3O/c1-4-7-12-8-10-13(11-9-12)19-14(5-2)16(17-18-19)15(20)6-3/h8-11H,4-7H2,1-3H3. The molecule has 0 saturated carbocycles. The molecule has 1 aromatic heterocycles. The van der Waals surface area contributed by atoms with Gasteiger partial charge in [0.15, 0.2) is 11.5 Å². The Hall–Kier alpha value is -1.97. The second kappa shape index (κ2) is 6.46. The zero-order chi connectivity index (χ0) is 14.5. The van der Waals surface area contributed by atoms with Gasteiger partial charge in [0.1, 0.15) is 0 Å². The Morgan fingerprint density at radius 1 is 1.15 bits per heavy atom. The van der Waals surface area contributed by atoms with Crippen LogP contribution in [0, 0.1) is 0 Å². The van der Waals surface area contributed by atoms with Gasteiger partial charge in [0.05, 0.1) is 11.4 Å². The second-order valence-corrected chi connectivity index (χ2v) is 4.84. The second-order valence-electron chi connectivity index (χ2n) is 4.84. The number of aromatic nitrogens is 3. The van der Waals surface area contributed by atoms with Crippen LogP contribution in [0.25, 0.3) is 5.69 Å². The van der Waals surface area contributed by atoms with E-state index in [1.807, 2.05) is 26.0 Å². The maximum Gasteiger partial charge on any atom is 0.184 e.